The predicted molar refractivity (Wildman–Crippen MR) is 358 cm³/mol. The fraction of sp³-hybridized carbons (Fsp3) is 0.800. The first-order valence-corrected chi connectivity index (χ1v) is 41.4. The van der Waals surface area contributed by atoms with E-state index in [0.717, 1.165) is 0 Å². The molecule has 0 heterocycles. The molecule has 0 atom stereocenters. The summed E-state index contributed by atoms with van der Waals surface area (Å²) < 4.78 is 24.6. The van der Waals surface area contributed by atoms with Gasteiger partial charge in [0.25, 0.3) is 0 Å². The summed E-state index contributed by atoms with van der Waals surface area (Å²) in [6, 6.07) is 9.57. The number of unbranched alkanes of at least 4 members (excludes halogenated alkanes) is 32. The maximum Gasteiger partial charge on any atom is 0.335 e. The largest absolute Gasteiger partial charge is 0.478 e. The van der Waals surface area contributed by atoms with Crippen LogP contribution in [0.15, 0.2) is 58.3 Å². The summed E-state index contributed by atoms with van der Waals surface area (Å²) in [6.45, 7) is 19.0. The quantitative estimate of drug-likeness (QED) is 0.0505. The van der Waals surface area contributed by atoms with Gasteiger partial charge in [-0.15, -0.1) is 0 Å². The summed E-state index contributed by atoms with van der Waals surface area (Å²) in [5.41, 5.74) is -0.0367. The van der Waals surface area contributed by atoms with Crippen LogP contribution in [0.2, 0.25) is 0 Å². The van der Waals surface area contributed by atoms with E-state index in [2.05, 4.69) is 55.4 Å². The Labute approximate surface area is 492 Å². The Kier molecular flexibility index (Phi) is 51.7. The van der Waals surface area contributed by atoms with Gasteiger partial charge in [0.2, 0.25) is 9.84 Å². The number of sulfone groups is 1. The van der Waals surface area contributed by atoms with Gasteiger partial charge in [0, 0.05) is 0 Å². The SMILES string of the molecule is CCCCCCCCCCCCCCCC[PH](CCCC)(CCCC)CCCC.CCCCCCCCCCCCCCCC[PH](CCCC)(CCCC)CCCC.O=C(O)c1ccc(S(=O)(=O)c2ccc(C(=O)O)cc2)cc1. The van der Waals surface area contributed by atoms with Crippen LogP contribution in [0.3, 0.4) is 0 Å². The number of hydrogen-bond acceptors (Lipinski definition) is 4. The van der Waals surface area contributed by atoms with E-state index < -0.39 is 36.3 Å². The van der Waals surface area contributed by atoms with Gasteiger partial charge in [-0.3, -0.25) is 0 Å². The van der Waals surface area contributed by atoms with Crippen LogP contribution in [0.1, 0.15) is 333 Å². The Bertz CT molecular complexity index is 1610. The van der Waals surface area contributed by atoms with Crippen LogP contribution >= 0.6 is 14.5 Å². The van der Waals surface area contributed by atoms with Crippen molar-refractivity contribution in [2.75, 3.05) is 49.3 Å². The molecule has 0 radical (unpaired) electrons. The minimum absolute atomic E-state index is 0.0184. The summed E-state index contributed by atoms with van der Waals surface area (Å²) in [5, 5.41) is 17.5. The Balaban J connectivity index is 0.00000117. The number of hydrogen-bond donors (Lipinski definition) is 2. The van der Waals surface area contributed by atoms with Crippen molar-refractivity contribution in [3.8, 4) is 0 Å². The third-order valence-electron chi connectivity index (χ3n) is 17.3. The third-order valence-corrected chi connectivity index (χ3v) is 30.4. The molecule has 2 aromatic rings. The molecule has 464 valence electrons. The van der Waals surface area contributed by atoms with E-state index in [1.54, 1.807) is 62.1 Å². The molecule has 0 spiro atoms. The Morgan fingerprint density at radius 1 is 0.278 bits per heavy atom. The van der Waals surface area contributed by atoms with Gasteiger partial charge in [0.1, 0.15) is 0 Å². The zero-order valence-corrected chi connectivity index (χ0v) is 56.3. The Morgan fingerprint density at radius 3 is 0.620 bits per heavy atom. The molecule has 0 saturated carbocycles. The van der Waals surface area contributed by atoms with Crippen molar-refractivity contribution in [2.24, 2.45) is 0 Å². The summed E-state index contributed by atoms with van der Waals surface area (Å²) in [7, 11) is -5.73. The number of aromatic carboxylic acids is 2. The maximum atomic E-state index is 12.3. The number of benzene rings is 2. The molecule has 9 heteroatoms. The van der Waals surface area contributed by atoms with E-state index >= 15 is 0 Å². The molecule has 0 bridgehead atoms. The van der Waals surface area contributed by atoms with Gasteiger partial charge in [-0.25, -0.2) is 18.0 Å². The molecule has 0 saturated heterocycles. The van der Waals surface area contributed by atoms with Crippen LogP contribution in [0.5, 0.6) is 0 Å². The van der Waals surface area contributed by atoms with Crippen LogP contribution < -0.4 is 0 Å². The van der Waals surface area contributed by atoms with Crippen molar-refractivity contribution in [2.45, 2.75) is 322 Å². The normalized spacial score (nSPS) is 12.2. The molecule has 2 N–H and O–H groups in total. The van der Waals surface area contributed by atoms with Crippen molar-refractivity contribution in [3.05, 3.63) is 59.7 Å². The number of rotatable bonds is 52. The average Bonchev–Trinajstić information content (AvgIpc) is 3.46. The van der Waals surface area contributed by atoms with Gasteiger partial charge < -0.3 is 10.2 Å². The standard InChI is InChI=1S/2C28H61P.C14H10O6S/c2*1-5-9-13-14-15-16-17-18-19-20-21-22-23-24-28-29(25-10-6-2,26-11-7-3)27-12-8-4;15-13(16)9-1-5-11(6-2-9)21(19,20)12-7-3-10(4-8-12)14(17)18/h2*29H,5-28H2,1-4H3;1-8H,(H,15,16)(H,17,18). The van der Waals surface area contributed by atoms with E-state index in [-0.39, 0.29) is 20.9 Å². The molecule has 0 amide bonds. The smallest absolute Gasteiger partial charge is 0.335 e. The first-order valence-electron chi connectivity index (χ1n) is 34.2. The molecule has 2 aromatic carbocycles. The van der Waals surface area contributed by atoms with Gasteiger partial charge in [0.15, 0.2) is 0 Å². The number of carbonyl (C=O) groups is 2. The second-order valence-corrected chi connectivity index (χ2v) is 36.4. The summed E-state index contributed by atoms with van der Waals surface area (Å²) in [6.07, 6.45) is 72.3. The van der Waals surface area contributed by atoms with E-state index in [9.17, 15) is 18.0 Å². The van der Waals surface area contributed by atoms with Crippen molar-refractivity contribution in [1.82, 2.24) is 0 Å². The van der Waals surface area contributed by atoms with E-state index in [1.165, 1.54) is 293 Å². The molecule has 79 heavy (non-hydrogen) atoms. The molecular weight excluding hydrogens is 1030 g/mol. The van der Waals surface area contributed by atoms with Crippen LogP contribution in [-0.2, 0) is 9.84 Å². The van der Waals surface area contributed by atoms with Crippen molar-refractivity contribution in [1.29, 1.82) is 0 Å². The molecule has 2 rings (SSSR count). The van der Waals surface area contributed by atoms with Crippen LogP contribution in [-0.4, -0.2) is 79.9 Å². The molecule has 0 unspecified atom stereocenters. The van der Waals surface area contributed by atoms with Gasteiger partial charge in [-0.05, 0) is 48.5 Å². The Hall–Kier alpha value is -1.81. The molecule has 0 fully saturated rings. The van der Waals surface area contributed by atoms with Crippen LogP contribution in [0.4, 0.5) is 0 Å². The predicted octanol–water partition coefficient (Wildman–Crippen LogP) is 23.2. The first-order chi connectivity index (χ1) is 38.3. The zero-order valence-electron chi connectivity index (χ0n) is 53.5. The summed E-state index contributed by atoms with van der Waals surface area (Å²) >= 11 is 0. The van der Waals surface area contributed by atoms with Crippen LogP contribution in [0.25, 0.3) is 0 Å². The molecular formula is C70H132O6P2S. The second kappa shape index (κ2) is 53.0. The summed E-state index contributed by atoms with van der Waals surface area (Å²) in [4.78, 5) is 21.3. The fourth-order valence-electron chi connectivity index (χ4n) is 11.9. The van der Waals surface area contributed by atoms with E-state index in [0.29, 0.717) is 0 Å². The van der Waals surface area contributed by atoms with Crippen LogP contribution in [0, 0.1) is 0 Å². The minimum atomic E-state index is -3.81. The van der Waals surface area contributed by atoms with E-state index in [1.807, 2.05) is 0 Å². The van der Waals surface area contributed by atoms with Crippen molar-refractivity contribution in [3.63, 3.8) is 0 Å². The average molecular weight is 1160 g/mol. The Morgan fingerprint density at radius 2 is 0.443 bits per heavy atom. The minimum Gasteiger partial charge on any atom is -0.478 e. The molecule has 0 aliphatic carbocycles. The van der Waals surface area contributed by atoms with Gasteiger partial charge in [-0.2, -0.15) is 0 Å². The molecule has 0 aliphatic rings. The van der Waals surface area contributed by atoms with Crippen molar-refractivity contribution < 1.29 is 28.2 Å². The monoisotopic (exact) mass is 1160 g/mol. The van der Waals surface area contributed by atoms with E-state index in [4.69, 9.17) is 10.2 Å². The zero-order chi connectivity index (χ0) is 58.6. The van der Waals surface area contributed by atoms with Crippen molar-refractivity contribution >= 4 is 36.3 Å². The first kappa shape index (κ1) is 77.2. The topological polar surface area (TPSA) is 109 Å². The van der Waals surface area contributed by atoms with Gasteiger partial charge in [0.05, 0.1) is 20.9 Å². The third kappa shape index (κ3) is 40.2. The molecule has 0 aromatic heterocycles. The van der Waals surface area contributed by atoms with Gasteiger partial charge in [-0.1, -0.05) is 52.4 Å². The van der Waals surface area contributed by atoms with Gasteiger partial charge >= 0.3 is 336 Å². The number of carboxylic acids is 2. The number of carboxylic acid groups (broad SMARTS) is 2. The fourth-order valence-corrected chi connectivity index (χ4v) is 24.8. The molecule has 0 aliphatic heterocycles. The molecule has 6 nitrogen and oxygen atoms in total. The second-order valence-electron chi connectivity index (χ2n) is 24.5. The maximum absolute atomic E-state index is 12.3. The summed E-state index contributed by atoms with van der Waals surface area (Å²) in [5.74, 6) is -2.30.